The van der Waals surface area contributed by atoms with Gasteiger partial charge >= 0.3 is 0 Å². The zero-order valence-electron chi connectivity index (χ0n) is 18.9. The summed E-state index contributed by atoms with van der Waals surface area (Å²) in [6.07, 6.45) is 6.19. The summed E-state index contributed by atoms with van der Waals surface area (Å²) >= 11 is 12.3. The molecule has 1 unspecified atom stereocenters. The number of carbonyl (C=O) groups excluding carboxylic acids is 2. The monoisotopic (exact) mass is 474 g/mol. The van der Waals surface area contributed by atoms with Crippen LogP contribution in [0.25, 0.3) is 0 Å². The van der Waals surface area contributed by atoms with Crippen molar-refractivity contribution in [3.63, 3.8) is 0 Å². The highest BCUT2D eigenvalue weighted by Gasteiger charge is 2.30. The zero-order valence-corrected chi connectivity index (χ0v) is 20.4. The fraction of sp³-hybridized carbons (Fsp3) is 0.462. The van der Waals surface area contributed by atoms with Gasteiger partial charge in [-0.05, 0) is 49.4 Å². The number of carbonyl (C=O) groups is 2. The first-order chi connectivity index (χ1) is 15.4. The molecule has 0 aliphatic heterocycles. The predicted octanol–water partition coefficient (Wildman–Crippen LogP) is 6.10. The second-order valence-corrected chi connectivity index (χ2v) is 9.53. The van der Waals surface area contributed by atoms with Crippen LogP contribution in [0.15, 0.2) is 42.5 Å². The molecule has 0 heterocycles. The minimum atomic E-state index is -0.531. The van der Waals surface area contributed by atoms with Crippen molar-refractivity contribution in [2.24, 2.45) is 0 Å². The average molecular weight is 475 g/mol. The lowest BCUT2D eigenvalue weighted by Crippen LogP contribution is -2.52. The van der Waals surface area contributed by atoms with Gasteiger partial charge in [0.1, 0.15) is 6.04 Å². The van der Waals surface area contributed by atoms with Gasteiger partial charge in [-0.1, -0.05) is 85.3 Å². The lowest BCUT2D eigenvalue weighted by Gasteiger charge is -2.33. The zero-order chi connectivity index (χ0) is 23.1. The van der Waals surface area contributed by atoms with Gasteiger partial charge in [-0.3, -0.25) is 9.59 Å². The molecule has 0 bridgehead atoms. The number of amides is 2. The van der Waals surface area contributed by atoms with E-state index in [-0.39, 0.29) is 24.3 Å². The van der Waals surface area contributed by atoms with Gasteiger partial charge in [-0.15, -0.1) is 0 Å². The van der Waals surface area contributed by atoms with Gasteiger partial charge in [0.05, 0.1) is 6.42 Å². The van der Waals surface area contributed by atoms with Crippen molar-refractivity contribution in [1.29, 1.82) is 0 Å². The van der Waals surface area contributed by atoms with E-state index in [0.717, 1.165) is 36.8 Å². The van der Waals surface area contributed by atoms with Gasteiger partial charge in [-0.2, -0.15) is 0 Å². The van der Waals surface area contributed by atoms with Gasteiger partial charge < -0.3 is 10.2 Å². The van der Waals surface area contributed by atoms with E-state index in [4.69, 9.17) is 23.2 Å². The van der Waals surface area contributed by atoms with Crippen LogP contribution in [-0.2, 0) is 22.6 Å². The van der Waals surface area contributed by atoms with Crippen LogP contribution in [0, 0.1) is 6.92 Å². The number of hydrogen-bond acceptors (Lipinski definition) is 2. The largest absolute Gasteiger partial charge is 0.352 e. The predicted molar refractivity (Wildman–Crippen MR) is 131 cm³/mol. The fourth-order valence-electron chi connectivity index (χ4n) is 4.28. The molecular formula is C26H32Cl2N2O2. The van der Waals surface area contributed by atoms with Gasteiger partial charge in [-0.25, -0.2) is 0 Å². The maximum atomic E-state index is 13.5. The number of hydrogen-bond donors (Lipinski definition) is 1. The average Bonchev–Trinajstić information content (AvgIpc) is 2.77. The van der Waals surface area contributed by atoms with Crippen LogP contribution < -0.4 is 5.32 Å². The molecule has 2 amide bonds. The molecule has 4 nitrogen and oxygen atoms in total. The molecule has 1 fully saturated rings. The quantitative estimate of drug-likeness (QED) is 0.502. The third-order valence-corrected chi connectivity index (χ3v) is 6.75. The summed E-state index contributed by atoms with van der Waals surface area (Å²) < 4.78 is 0. The molecule has 172 valence electrons. The Kier molecular flexibility index (Phi) is 9.01. The number of aryl methyl sites for hydroxylation is 1. The maximum Gasteiger partial charge on any atom is 0.243 e. The summed E-state index contributed by atoms with van der Waals surface area (Å²) in [6, 6.07) is 12.9. The van der Waals surface area contributed by atoms with Crippen LogP contribution in [0.1, 0.15) is 62.1 Å². The number of nitrogens with one attached hydrogen (secondary N) is 1. The van der Waals surface area contributed by atoms with Crippen LogP contribution in [0.2, 0.25) is 10.0 Å². The lowest BCUT2D eigenvalue weighted by atomic mass is 9.95. The van der Waals surface area contributed by atoms with Crippen molar-refractivity contribution in [1.82, 2.24) is 10.2 Å². The maximum absolute atomic E-state index is 13.5. The Bertz CT molecular complexity index is 924. The molecule has 0 aromatic heterocycles. The summed E-state index contributed by atoms with van der Waals surface area (Å²) in [5, 5.41) is 4.19. The standard InChI is InChI=1S/C26H32Cl2N2O2/c1-3-24(26(32)29-22-7-5-4-6-8-22)30(17-19-11-9-18(2)10-12-19)25(31)15-20-13-14-21(27)16-23(20)28/h9-14,16,22,24H,3-8,15,17H2,1-2H3,(H,29,32). The summed E-state index contributed by atoms with van der Waals surface area (Å²) in [6.45, 7) is 4.36. The molecule has 1 saturated carbocycles. The number of benzene rings is 2. The van der Waals surface area contributed by atoms with Crippen molar-refractivity contribution in [3.8, 4) is 0 Å². The van der Waals surface area contributed by atoms with Crippen LogP contribution in [0.3, 0.4) is 0 Å². The number of rotatable bonds is 8. The molecule has 1 aliphatic carbocycles. The van der Waals surface area contributed by atoms with E-state index in [9.17, 15) is 9.59 Å². The van der Waals surface area contributed by atoms with E-state index < -0.39 is 6.04 Å². The van der Waals surface area contributed by atoms with E-state index in [1.54, 1.807) is 23.1 Å². The molecule has 1 atom stereocenters. The van der Waals surface area contributed by atoms with E-state index in [1.165, 1.54) is 6.42 Å². The van der Waals surface area contributed by atoms with Crippen molar-refractivity contribution in [2.75, 3.05) is 0 Å². The Morgan fingerprint density at radius 1 is 1.06 bits per heavy atom. The molecule has 0 spiro atoms. The van der Waals surface area contributed by atoms with Crippen molar-refractivity contribution < 1.29 is 9.59 Å². The first kappa shape index (κ1) is 24.6. The number of nitrogens with zero attached hydrogens (tertiary/aromatic N) is 1. The Balaban J connectivity index is 1.82. The molecule has 6 heteroatoms. The third kappa shape index (κ3) is 6.73. The molecule has 2 aromatic rings. The minimum Gasteiger partial charge on any atom is -0.352 e. The molecule has 2 aromatic carbocycles. The second kappa shape index (κ2) is 11.7. The first-order valence-corrected chi connectivity index (χ1v) is 12.2. The topological polar surface area (TPSA) is 49.4 Å². The van der Waals surface area contributed by atoms with Crippen LogP contribution >= 0.6 is 23.2 Å². The Morgan fingerprint density at radius 2 is 1.75 bits per heavy atom. The highest BCUT2D eigenvalue weighted by atomic mass is 35.5. The van der Waals surface area contributed by atoms with E-state index >= 15 is 0 Å². The Labute approximate surface area is 201 Å². The summed E-state index contributed by atoms with van der Waals surface area (Å²) in [4.78, 5) is 28.4. The lowest BCUT2D eigenvalue weighted by molar-refractivity contribution is -0.141. The molecule has 0 saturated heterocycles. The Morgan fingerprint density at radius 3 is 2.38 bits per heavy atom. The molecule has 1 N–H and O–H groups in total. The second-order valence-electron chi connectivity index (χ2n) is 8.69. The van der Waals surface area contributed by atoms with Gasteiger partial charge in [0.25, 0.3) is 0 Å². The van der Waals surface area contributed by atoms with Crippen LogP contribution in [0.4, 0.5) is 0 Å². The summed E-state index contributed by atoms with van der Waals surface area (Å²) in [5.41, 5.74) is 2.86. The molecular weight excluding hydrogens is 443 g/mol. The van der Waals surface area contributed by atoms with Gasteiger partial charge in [0.15, 0.2) is 0 Å². The molecule has 1 aliphatic rings. The molecule has 3 rings (SSSR count). The summed E-state index contributed by atoms with van der Waals surface area (Å²) in [7, 11) is 0. The molecule has 32 heavy (non-hydrogen) atoms. The van der Waals surface area contributed by atoms with E-state index in [1.807, 2.05) is 38.1 Å². The highest BCUT2D eigenvalue weighted by molar-refractivity contribution is 6.35. The van der Waals surface area contributed by atoms with Crippen molar-refractivity contribution in [3.05, 3.63) is 69.2 Å². The third-order valence-electron chi connectivity index (χ3n) is 6.17. The van der Waals surface area contributed by atoms with Crippen molar-refractivity contribution >= 4 is 35.0 Å². The van der Waals surface area contributed by atoms with E-state index in [0.29, 0.717) is 28.6 Å². The normalized spacial score (nSPS) is 15.2. The smallest absolute Gasteiger partial charge is 0.243 e. The van der Waals surface area contributed by atoms with Crippen LogP contribution in [-0.4, -0.2) is 28.8 Å². The number of halogens is 2. The highest BCUT2D eigenvalue weighted by Crippen LogP contribution is 2.24. The van der Waals surface area contributed by atoms with Gasteiger partial charge in [0.2, 0.25) is 11.8 Å². The SMILES string of the molecule is CCC(C(=O)NC1CCCCC1)N(Cc1ccc(C)cc1)C(=O)Cc1ccc(Cl)cc1Cl. The molecule has 0 radical (unpaired) electrons. The van der Waals surface area contributed by atoms with Crippen LogP contribution in [0.5, 0.6) is 0 Å². The van der Waals surface area contributed by atoms with Gasteiger partial charge in [0, 0.05) is 22.6 Å². The fourth-order valence-corrected chi connectivity index (χ4v) is 4.76. The minimum absolute atomic E-state index is 0.0675. The van der Waals surface area contributed by atoms with E-state index in [2.05, 4.69) is 5.32 Å². The Hall–Kier alpha value is -2.04. The first-order valence-electron chi connectivity index (χ1n) is 11.5. The van der Waals surface area contributed by atoms with Crippen molar-refractivity contribution in [2.45, 2.75) is 77.4 Å². The summed E-state index contributed by atoms with van der Waals surface area (Å²) in [5.74, 6) is -0.192.